The van der Waals surface area contributed by atoms with Crippen LogP contribution in [0.1, 0.15) is 11.1 Å². The van der Waals surface area contributed by atoms with Crippen molar-refractivity contribution in [2.24, 2.45) is 16.6 Å². The molecule has 0 bridgehead atoms. The molecule has 1 aromatic carbocycles. The van der Waals surface area contributed by atoms with E-state index in [4.69, 9.17) is 23.0 Å². The van der Waals surface area contributed by atoms with E-state index < -0.39 is 0 Å². The number of benzene rings is 1. The molecule has 0 aliphatic carbocycles. The summed E-state index contributed by atoms with van der Waals surface area (Å²) in [5, 5.41) is 0. The summed E-state index contributed by atoms with van der Waals surface area (Å²) in [6.45, 7) is 0.515. The fourth-order valence-corrected chi connectivity index (χ4v) is 2.88. The summed E-state index contributed by atoms with van der Waals surface area (Å²) < 4.78 is 0. The molecule has 8 heteroatoms. The molecule has 0 unspecified atom stereocenters. The number of hydrogen-bond donors (Lipinski definition) is 5. The molecular weight excluding hydrogens is 364 g/mol. The van der Waals surface area contributed by atoms with Crippen molar-refractivity contribution in [2.45, 2.75) is 13.0 Å². The topological polar surface area (TPSA) is 154 Å². The first-order valence-corrected chi connectivity index (χ1v) is 9.03. The number of allylic oxidation sites excluding steroid dienone is 1. The Kier molecular flexibility index (Phi) is 6.39. The maximum atomic E-state index is 6.08. The summed E-state index contributed by atoms with van der Waals surface area (Å²) in [6, 6.07) is 15.7. The van der Waals surface area contributed by atoms with Crippen LogP contribution in [0, 0.1) is 0 Å². The maximum absolute atomic E-state index is 6.08. The Morgan fingerprint density at radius 1 is 1.10 bits per heavy atom. The van der Waals surface area contributed by atoms with Gasteiger partial charge in [0.1, 0.15) is 5.82 Å². The molecule has 3 aromatic rings. The highest BCUT2D eigenvalue weighted by atomic mass is 15.3. The van der Waals surface area contributed by atoms with Gasteiger partial charge in [-0.3, -0.25) is 9.98 Å². The molecule has 3 rings (SSSR count). The Balaban J connectivity index is 1.71. The van der Waals surface area contributed by atoms with Gasteiger partial charge in [-0.2, -0.15) is 0 Å². The Hall–Kier alpha value is -3.91. The van der Waals surface area contributed by atoms with Gasteiger partial charge >= 0.3 is 0 Å². The van der Waals surface area contributed by atoms with Gasteiger partial charge in [0.05, 0.1) is 17.9 Å². The lowest BCUT2D eigenvalue weighted by Crippen LogP contribution is -2.14. The molecule has 0 saturated carbocycles. The number of rotatable bonds is 7. The van der Waals surface area contributed by atoms with E-state index in [0.29, 0.717) is 30.3 Å². The Labute approximate surface area is 169 Å². The zero-order valence-corrected chi connectivity index (χ0v) is 15.9. The lowest BCUT2D eigenvalue weighted by atomic mass is 10.1. The molecule has 0 fully saturated rings. The largest absolute Gasteiger partial charge is 0.404 e. The molecule has 0 amide bonds. The zero-order chi connectivity index (χ0) is 20.6. The van der Waals surface area contributed by atoms with Crippen LogP contribution in [0.3, 0.4) is 0 Å². The number of nitrogens with zero attached hydrogens (tertiary/aromatic N) is 3. The molecule has 2 aromatic heterocycles. The minimum Gasteiger partial charge on any atom is -0.404 e. The average Bonchev–Trinajstić information content (AvgIpc) is 2.76. The minimum absolute atomic E-state index is 0.321. The number of nitrogens with one attached hydrogen (secondary N) is 1. The molecule has 9 N–H and O–H groups in total. The molecule has 0 aliphatic heterocycles. The highest BCUT2D eigenvalue weighted by molar-refractivity contribution is 5.80. The first-order chi connectivity index (χ1) is 14.1. The maximum Gasteiger partial charge on any atom is 0.165 e. The predicted octanol–water partition coefficient (Wildman–Crippen LogP) is 2.25. The monoisotopic (exact) mass is 388 g/mol. The molecule has 148 valence electrons. The minimum atomic E-state index is 0.321. The van der Waals surface area contributed by atoms with Crippen LogP contribution in [0.15, 0.2) is 71.5 Å². The average molecular weight is 388 g/mol. The number of aromatic nitrogens is 2. The fourth-order valence-electron chi connectivity index (χ4n) is 2.88. The van der Waals surface area contributed by atoms with Crippen LogP contribution in [0.5, 0.6) is 0 Å². The van der Waals surface area contributed by atoms with Crippen molar-refractivity contribution in [1.29, 1.82) is 0 Å². The number of nitrogen functional groups attached to an aromatic ring is 3. The lowest BCUT2D eigenvalue weighted by molar-refractivity contribution is 1.07. The molecule has 0 radical (unpaired) electrons. The second-order valence-corrected chi connectivity index (χ2v) is 6.42. The van der Waals surface area contributed by atoms with E-state index in [1.807, 2.05) is 36.4 Å². The number of hydrazine groups is 1. The van der Waals surface area contributed by atoms with E-state index in [9.17, 15) is 0 Å². The fraction of sp³-hybridized carbons (Fsp3) is 0.0952. The van der Waals surface area contributed by atoms with Gasteiger partial charge in [0.2, 0.25) is 0 Å². The number of anilines is 3. The summed E-state index contributed by atoms with van der Waals surface area (Å²) in [5.41, 5.74) is 25.1. The van der Waals surface area contributed by atoms with Crippen LogP contribution in [0.2, 0.25) is 0 Å². The lowest BCUT2D eigenvalue weighted by Gasteiger charge is -2.11. The summed E-state index contributed by atoms with van der Waals surface area (Å²) in [4.78, 5) is 12.9. The summed E-state index contributed by atoms with van der Waals surface area (Å²) in [7, 11) is 0. The van der Waals surface area contributed by atoms with Crippen LogP contribution >= 0.6 is 0 Å². The van der Waals surface area contributed by atoms with Crippen molar-refractivity contribution in [3.05, 3.63) is 77.6 Å². The number of hydrogen-bond acceptors (Lipinski definition) is 8. The summed E-state index contributed by atoms with van der Waals surface area (Å²) >= 11 is 0. The van der Waals surface area contributed by atoms with Crippen molar-refractivity contribution >= 4 is 23.5 Å². The molecule has 0 spiro atoms. The number of pyridine rings is 2. The molecule has 0 atom stereocenters. The highest BCUT2D eigenvalue weighted by Gasteiger charge is 2.09. The van der Waals surface area contributed by atoms with Crippen LogP contribution in [0.4, 0.5) is 17.3 Å². The zero-order valence-electron chi connectivity index (χ0n) is 15.9. The quantitative estimate of drug-likeness (QED) is 0.236. The molecule has 29 heavy (non-hydrogen) atoms. The Morgan fingerprint density at radius 2 is 1.97 bits per heavy atom. The van der Waals surface area contributed by atoms with Gasteiger partial charge in [-0.05, 0) is 47.2 Å². The van der Waals surface area contributed by atoms with Crippen molar-refractivity contribution in [1.82, 2.24) is 9.97 Å². The van der Waals surface area contributed by atoms with Gasteiger partial charge in [0, 0.05) is 24.4 Å². The first-order valence-electron chi connectivity index (χ1n) is 9.03. The van der Waals surface area contributed by atoms with Crippen molar-refractivity contribution in [3.63, 3.8) is 0 Å². The van der Waals surface area contributed by atoms with E-state index in [2.05, 4.69) is 26.5 Å². The second kappa shape index (κ2) is 9.34. The van der Waals surface area contributed by atoms with Crippen LogP contribution in [-0.2, 0) is 13.0 Å². The van der Waals surface area contributed by atoms with Gasteiger partial charge in [-0.1, -0.05) is 24.3 Å². The van der Waals surface area contributed by atoms with Crippen molar-refractivity contribution in [3.8, 4) is 11.3 Å². The SMILES string of the molecule is NC=C(C=NCc1cccc(-c2ccccn2)c1)Cc1cc(N)nc(NN)c1N. The van der Waals surface area contributed by atoms with Gasteiger partial charge in [0.15, 0.2) is 5.82 Å². The predicted molar refractivity (Wildman–Crippen MR) is 119 cm³/mol. The standard InChI is InChI=1S/C21H24N8/c22-11-15(9-17-10-19(23)28-21(29-25)20(17)24)13-26-12-14-4-3-5-16(8-14)18-6-1-2-7-27-18/h1-8,10-11,13H,9,12,22,24-25H2,(H3,23,28,29). The van der Waals surface area contributed by atoms with E-state index in [-0.39, 0.29) is 0 Å². The third-order valence-corrected chi connectivity index (χ3v) is 4.33. The summed E-state index contributed by atoms with van der Waals surface area (Å²) in [5.74, 6) is 6.09. The van der Waals surface area contributed by atoms with Crippen molar-refractivity contribution < 1.29 is 0 Å². The summed E-state index contributed by atoms with van der Waals surface area (Å²) in [6.07, 6.45) is 5.47. The van der Waals surface area contributed by atoms with Gasteiger partial charge in [-0.15, -0.1) is 0 Å². The normalized spacial score (nSPS) is 11.7. The third kappa shape index (κ3) is 5.08. The molecule has 8 nitrogen and oxygen atoms in total. The molecule has 0 saturated heterocycles. The molecule has 0 aliphatic rings. The van der Waals surface area contributed by atoms with E-state index >= 15 is 0 Å². The van der Waals surface area contributed by atoms with Crippen LogP contribution in [-0.4, -0.2) is 16.2 Å². The number of aliphatic imine (C=N–C) groups is 1. The Bertz CT molecular complexity index is 1030. The Morgan fingerprint density at radius 3 is 2.69 bits per heavy atom. The number of nitrogens with two attached hydrogens (primary N) is 4. The van der Waals surface area contributed by atoms with E-state index in [0.717, 1.165) is 28.0 Å². The highest BCUT2D eigenvalue weighted by Crippen LogP contribution is 2.24. The molecular formula is C21H24N8. The van der Waals surface area contributed by atoms with Gasteiger partial charge in [0.25, 0.3) is 0 Å². The smallest absolute Gasteiger partial charge is 0.165 e. The van der Waals surface area contributed by atoms with Crippen molar-refractivity contribution in [2.75, 3.05) is 16.9 Å². The third-order valence-electron chi connectivity index (χ3n) is 4.33. The van der Waals surface area contributed by atoms with Gasteiger partial charge in [-0.25, -0.2) is 10.8 Å². The van der Waals surface area contributed by atoms with E-state index in [1.54, 1.807) is 18.5 Å². The first kappa shape index (κ1) is 19.8. The van der Waals surface area contributed by atoms with E-state index in [1.165, 1.54) is 6.20 Å². The van der Waals surface area contributed by atoms with Gasteiger partial charge < -0.3 is 22.6 Å². The van der Waals surface area contributed by atoms with Crippen LogP contribution < -0.4 is 28.5 Å². The second-order valence-electron chi connectivity index (χ2n) is 6.42. The van der Waals surface area contributed by atoms with Crippen LogP contribution in [0.25, 0.3) is 11.3 Å². The molecule has 2 heterocycles.